The molecule has 1 amide bonds. The fourth-order valence-corrected chi connectivity index (χ4v) is 2.24. The van der Waals surface area contributed by atoms with Crippen LogP contribution in [0.2, 0.25) is 10.0 Å². The third-order valence-corrected chi connectivity index (χ3v) is 3.82. The van der Waals surface area contributed by atoms with Crippen LogP contribution in [0.5, 0.6) is 0 Å². The number of hydrogen-bond donors (Lipinski definition) is 2. The molecule has 21 heavy (non-hydrogen) atoms. The van der Waals surface area contributed by atoms with Crippen LogP contribution in [0.4, 0.5) is 11.4 Å². The molecule has 1 atom stereocenters. The van der Waals surface area contributed by atoms with Gasteiger partial charge in [-0.15, -0.1) is 0 Å². The first-order valence-electron chi connectivity index (χ1n) is 6.55. The van der Waals surface area contributed by atoms with Crippen molar-refractivity contribution in [2.24, 2.45) is 0 Å². The van der Waals surface area contributed by atoms with E-state index < -0.39 is 6.04 Å². The molecule has 0 spiro atoms. The van der Waals surface area contributed by atoms with E-state index in [-0.39, 0.29) is 5.91 Å². The predicted molar refractivity (Wildman–Crippen MR) is 89.4 cm³/mol. The van der Waals surface area contributed by atoms with Crippen molar-refractivity contribution in [1.82, 2.24) is 0 Å². The second-order valence-electron chi connectivity index (χ2n) is 4.83. The maximum absolute atomic E-state index is 12.2. The summed E-state index contributed by atoms with van der Waals surface area (Å²) < 4.78 is 0. The smallest absolute Gasteiger partial charge is 0.246 e. The highest BCUT2D eigenvalue weighted by Gasteiger charge is 2.15. The predicted octanol–water partition coefficient (Wildman–Crippen LogP) is 4.74. The summed E-state index contributed by atoms with van der Waals surface area (Å²) in [5.41, 5.74) is 2.53. The highest BCUT2D eigenvalue weighted by atomic mass is 35.5. The Kier molecular flexibility index (Phi) is 5.10. The van der Waals surface area contributed by atoms with Crippen LogP contribution in [0, 0.1) is 6.92 Å². The maximum Gasteiger partial charge on any atom is 0.246 e. The van der Waals surface area contributed by atoms with Crippen molar-refractivity contribution in [3.63, 3.8) is 0 Å². The van der Waals surface area contributed by atoms with Gasteiger partial charge in [-0.25, -0.2) is 0 Å². The molecule has 0 bridgehead atoms. The van der Waals surface area contributed by atoms with Gasteiger partial charge >= 0.3 is 0 Å². The Hall–Kier alpha value is -1.71. The van der Waals surface area contributed by atoms with Crippen molar-refractivity contribution in [2.75, 3.05) is 10.6 Å². The molecular formula is C16H16Cl2N2O. The largest absolute Gasteiger partial charge is 0.374 e. The van der Waals surface area contributed by atoms with Crippen LogP contribution in [0.3, 0.4) is 0 Å². The van der Waals surface area contributed by atoms with Crippen LogP contribution in [-0.4, -0.2) is 11.9 Å². The third kappa shape index (κ3) is 4.13. The molecule has 2 N–H and O–H groups in total. The van der Waals surface area contributed by atoms with E-state index in [1.165, 1.54) is 0 Å². The summed E-state index contributed by atoms with van der Waals surface area (Å²) >= 11 is 12.0. The lowest BCUT2D eigenvalue weighted by atomic mass is 10.2. The van der Waals surface area contributed by atoms with Crippen LogP contribution >= 0.6 is 23.2 Å². The lowest BCUT2D eigenvalue weighted by Gasteiger charge is -2.16. The van der Waals surface area contributed by atoms with Gasteiger partial charge in [0.05, 0.1) is 15.7 Å². The molecule has 5 heteroatoms. The lowest BCUT2D eigenvalue weighted by molar-refractivity contribution is -0.116. The van der Waals surface area contributed by atoms with Crippen molar-refractivity contribution in [2.45, 2.75) is 19.9 Å². The van der Waals surface area contributed by atoms with Gasteiger partial charge in [0, 0.05) is 5.69 Å². The Morgan fingerprint density at radius 3 is 2.57 bits per heavy atom. The molecule has 0 fully saturated rings. The van der Waals surface area contributed by atoms with E-state index in [9.17, 15) is 4.79 Å². The number of anilines is 2. The van der Waals surface area contributed by atoms with E-state index in [0.29, 0.717) is 15.7 Å². The van der Waals surface area contributed by atoms with Crippen molar-refractivity contribution >= 4 is 40.5 Å². The van der Waals surface area contributed by atoms with Crippen molar-refractivity contribution in [3.05, 3.63) is 58.1 Å². The Morgan fingerprint density at radius 2 is 1.86 bits per heavy atom. The summed E-state index contributed by atoms with van der Waals surface area (Å²) in [5, 5.41) is 6.67. The number of carbonyl (C=O) groups excluding carboxylic acids is 1. The molecular weight excluding hydrogens is 307 g/mol. The van der Waals surface area contributed by atoms with Gasteiger partial charge in [-0.3, -0.25) is 4.79 Å². The van der Waals surface area contributed by atoms with Crippen LogP contribution < -0.4 is 10.6 Å². The minimum absolute atomic E-state index is 0.180. The van der Waals surface area contributed by atoms with Crippen molar-refractivity contribution in [3.8, 4) is 0 Å². The standard InChI is InChI=1S/C16H16Cl2N2O/c1-10-5-3-6-12(9-10)19-11(2)16(21)20-14-8-4-7-13(17)15(14)18/h3-9,11,19H,1-2H3,(H,20,21). The van der Waals surface area contributed by atoms with E-state index in [1.807, 2.05) is 31.2 Å². The molecule has 0 saturated carbocycles. The SMILES string of the molecule is Cc1cccc(NC(C)C(=O)Nc2cccc(Cl)c2Cl)c1. The number of halogens is 2. The fourth-order valence-electron chi connectivity index (χ4n) is 1.89. The average molecular weight is 323 g/mol. The first kappa shape index (κ1) is 15.7. The number of rotatable bonds is 4. The first-order valence-corrected chi connectivity index (χ1v) is 7.31. The molecule has 110 valence electrons. The van der Waals surface area contributed by atoms with Gasteiger partial charge in [0.25, 0.3) is 0 Å². The van der Waals surface area contributed by atoms with Crippen LogP contribution in [-0.2, 0) is 4.79 Å². The van der Waals surface area contributed by atoms with E-state index in [0.717, 1.165) is 11.3 Å². The monoisotopic (exact) mass is 322 g/mol. The molecule has 0 aliphatic heterocycles. The summed E-state index contributed by atoms with van der Waals surface area (Å²) in [6.45, 7) is 3.79. The topological polar surface area (TPSA) is 41.1 Å². The summed E-state index contributed by atoms with van der Waals surface area (Å²) in [6, 6.07) is 12.6. The first-order chi connectivity index (χ1) is 9.97. The molecule has 2 aromatic rings. The molecule has 0 aliphatic carbocycles. The zero-order chi connectivity index (χ0) is 15.4. The van der Waals surface area contributed by atoms with Crippen LogP contribution in [0.25, 0.3) is 0 Å². The Labute approximate surface area is 134 Å². The average Bonchev–Trinajstić information content (AvgIpc) is 2.44. The Morgan fingerprint density at radius 1 is 1.14 bits per heavy atom. The minimum Gasteiger partial charge on any atom is -0.374 e. The van der Waals surface area contributed by atoms with Gasteiger partial charge in [0.1, 0.15) is 6.04 Å². The summed E-state index contributed by atoms with van der Waals surface area (Å²) in [4.78, 5) is 12.2. The number of nitrogens with one attached hydrogen (secondary N) is 2. The third-order valence-electron chi connectivity index (χ3n) is 3.00. The van der Waals surface area contributed by atoms with Gasteiger partial charge in [0.2, 0.25) is 5.91 Å². The quantitative estimate of drug-likeness (QED) is 0.853. The minimum atomic E-state index is -0.401. The number of hydrogen-bond acceptors (Lipinski definition) is 2. The highest BCUT2D eigenvalue weighted by Crippen LogP contribution is 2.29. The van der Waals surface area contributed by atoms with E-state index in [4.69, 9.17) is 23.2 Å². The number of amides is 1. The Bertz CT molecular complexity index is 658. The van der Waals surface area contributed by atoms with Crippen molar-refractivity contribution < 1.29 is 4.79 Å². The van der Waals surface area contributed by atoms with E-state index in [1.54, 1.807) is 25.1 Å². The molecule has 0 aromatic heterocycles. The fraction of sp³-hybridized carbons (Fsp3) is 0.188. The van der Waals surface area contributed by atoms with Gasteiger partial charge in [-0.2, -0.15) is 0 Å². The zero-order valence-electron chi connectivity index (χ0n) is 11.8. The molecule has 2 aromatic carbocycles. The van der Waals surface area contributed by atoms with E-state index >= 15 is 0 Å². The number of aryl methyl sites for hydroxylation is 1. The molecule has 1 unspecified atom stereocenters. The molecule has 0 heterocycles. The molecule has 0 saturated heterocycles. The highest BCUT2D eigenvalue weighted by molar-refractivity contribution is 6.44. The molecule has 0 aliphatic rings. The van der Waals surface area contributed by atoms with Gasteiger partial charge in [0.15, 0.2) is 0 Å². The van der Waals surface area contributed by atoms with Gasteiger partial charge < -0.3 is 10.6 Å². The maximum atomic E-state index is 12.2. The number of carbonyl (C=O) groups is 1. The second kappa shape index (κ2) is 6.83. The molecule has 0 radical (unpaired) electrons. The second-order valence-corrected chi connectivity index (χ2v) is 5.61. The number of benzene rings is 2. The van der Waals surface area contributed by atoms with Crippen LogP contribution in [0.15, 0.2) is 42.5 Å². The summed E-state index contributed by atoms with van der Waals surface area (Å²) in [7, 11) is 0. The normalized spacial score (nSPS) is 11.8. The molecule has 2 rings (SSSR count). The Balaban J connectivity index is 2.04. The lowest BCUT2D eigenvalue weighted by Crippen LogP contribution is -2.31. The van der Waals surface area contributed by atoms with Gasteiger partial charge in [-0.05, 0) is 43.7 Å². The molecule has 3 nitrogen and oxygen atoms in total. The van der Waals surface area contributed by atoms with Gasteiger partial charge in [-0.1, -0.05) is 41.4 Å². The van der Waals surface area contributed by atoms with Crippen molar-refractivity contribution in [1.29, 1.82) is 0 Å². The zero-order valence-corrected chi connectivity index (χ0v) is 13.3. The van der Waals surface area contributed by atoms with E-state index in [2.05, 4.69) is 10.6 Å². The van der Waals surface area contributed by atoms with Crippen LogP contribution in [0.1, 0.15) is 12.5 Å². The summed E-state index contributed by atoms with van der Waals surface area (Å²) in [6.07, 6.45) is 0. The summed E-state index contributed by atoms with van der Waals surface area (Å²) in [5.74, 6) is -0.180.